The highest BCUT2D eigenvalue weighted by molar-refractivity contribution is 7.89. The molecule has 2 heterocycles. The van der Waals surface area contributed by atoms with Crippen molar-refractivity contribution in [3.8, 4) is 16.9 Å². The van der Waals surface area contributed by atoms with E-state index in [1.807, 2.05) is 16.2 Å². The first kappa shape index (κ1) is 20.5. The Labute approximate surface area is 174 Å². The molecule has 2 aromatic heterocycles. The minimum absolute atomic E-state index is 0.125. The van der Waals surface area contributed by atoms with Crippen LogP contribution in [0.4, 0.5) is 8.78 Å². The number of sulfonamides is 1. The van der Waals surface area contributed by atoms with Crippen molar-refractivity contribution < 1.29 is 21.9 Å². The van der Waals surface area contributed by atoms with Gasteiger partial charge in [-0.2, -0.15) is 0 Å². The Morgan fingerprint density at radius 1 is 1.13 bits per heavy atom. The standard InChI is InChI=1S/C20H16F2N2O4S2/c1-28-15-7-6-14-18(13-8-9-29-19(13)20(25)24-14)17(15)11-2-4-12(5-3-11)30(26,27)23-10-16(21)22/h2-9,16,23H,10H2,1H3,(H,24,25). The van der Waals surface area contributed by atoms with Crippen molar-refractivity contribution in [3.05, 3.63) is 58.2 Å². The largest absolute Gasteiger partial charge is 0.496 e. The molecule has 0 spiro atoms. The van der Waals surface area contributed by atoms with Crippen LogP contribution in [0.3, 0.4) is 0 Å². The number of hydrogen-bond acceptors (Lipinski definition) is 5. The molecule has 0 aliphatic rings. The number of ether oxygens (including phenoxy) is 1. The second kappa shape index (κ2) is 7.78. The summed E-state index contributed by atoms with van der Waals surface area (Å²) >= 11 is 1.33. The molecule has 6 nitrogen and oxygen atoms in total. The fourth-order valence-corrected chi connectivity index (χ4v) is 5.14. The van der Waals surface area contributed by atoms with E-state index in [1.165, 1.54) is 30.6 Å². The summed E-state index contributed by atoms with van der Waals surface area (Å²) in [5.41, 5.74) is 1.79. The molecule has 0 saturated heterocycles. The van der Waals surface area contributed by atoms with Crippen LogP contribution in [0.2, 0.25) is 0 Å². The number of aromatic amines is 1. The molecule has 0 radical (unpaired) electrons. The van der Waals surface area contributed by atoms with Crippen molar-refractivity contribution in [2.24, 2.45) is 0 Å². The van der Waals surface area contributed by atoms with Gasteiger partial charge in [0.25, 0.3) is 12.0 Å². The Morgan fingerprint density at radius 2 is 1.87 bits per heavy atom. The van der Waals surface area contributed by atoms with Gasteiger partial charge in [-0.25, -0.2) is 21.9 Å². The van der Waals surface area contributed by atoms with Crippen LogP contribution in [0.1, 0.15) is 0 Å². The van der Waals surface area contributed by atoms with Crippen LogP contribution < -0.4 is 15.0 Å². The maximum atomic E-state index is 12.4. The highest BCUT2D eigenvalue weighted by Gasteiger charge is 2.19. The quantitative estimate of drug-likeness (QED) is 0.465. The maximum absolute atomic E-state index is 12.4. The number of alkyl halides is 2. The summed E-state index contributed by atoms with van der Waals surface area (Å²) in [7, 11) is -2.53. The number of pyridine rings is 1. The van der Waals surface area contributed by atoms with Gasteiger partial charge in [-0.05, 0) is 41.3 Å². The number of fused-ring (bicyclic) bond motifs is 3. The normalized spacial score (nSPS) is 12.1. The third kappa shape index (κ3) is 3.57. The molecular formula is C20H16F2N2O4S2. The van der Waals surface area contributed by atoms with E-state index in [1.54, 1.807) is 24.3 Å². The molecule has 2 aromatic carbocycles. The molecule has 4 rings (SSSR count). The fourth-order valence-electron chi connectivity index (χ4n) is 3.34. The van der Waals surface area contributed by atoms with Crippen molar-refractivity contribution in [1.29, 1.82) is 0 Å². The number of hydrogen-bond donors (Lipinski definition) is 2. The van der Waals surface area contributed by atoms with E-state index in [0.29, 0.717) is 27.1 Å². The Kier molecular flexibility index (Phi) is 5.31. The van der Waals surface area contributed by atoms with Gasteiger partial charge in [0.15, 0.2) is 0 Å². The topological polar surface area (TPSA) is 88.3 Å². The summed E-state index contributed by atoms with van der Waals surface area (Å²) in [5.74, 6) is 0.550. The van der Waals surface area contributed by atoms with Crippen molar-refractivity contribution >= 4 is 42.3 Å². The summed E-state index contributed by atoms with van der Waals surface area (Å²) in [6, 6.07) is 11.2. The summed E-state index contributed by atoms with van der Waals surface area (Å²) < 4.78 is 57.1. The second-order valence-electron chi connectivity index (χ2n) is 6.45. The Morgan fingerprint density at radius 3 is 2.53 bits per heavy atom. The van der Waals surface area contributed by atoms with E-state index in [2.05, 4.69) is 4.98 Å². The van der Waals surface area contributed by atoms with Gasteiger partial charge in [-0.3, -0.25) is 4.79 Å². The third-order valence-corrected chi connectivity index (χ3v) is 7.01. The van der Waals surface area contributed by atoms with Gasteiger partial charge in [-0.1, -0.05) is 12.1 Å². The third-order valence-electron chi connectivity index (χ3n) is 4.66. The number of halogens is 2. The first-order valence-electron chi connectivity index (χ1n) is 8.80. The maximum Gasteiger partial charge on any atom is 0.266 e. The van der Waals surface area contributed by atoms with Gasteiger partial charge in [0.05, 0.1) is 18.6 Å². The first-order valence-corrected chi connectivity index (χ1v) is 11.2. The predicted molar refractivity (Wildman–Crippen MR) is 113 cm³/mol. The van der Waals surface area contributed by atoms with E-state index in [4.69, 9.17) is 4.74 Å². The molecule has 4 aromatic rings. The van der Waals surface area contributed by atoms with Gasteiger partial charge in [0, 0.05) is 21.9 Å². The molecule has 0 aliphatic heterocycles. The van der Waals surface area contributed by atoms with E-state index in [-0.39, 0.29) is 10.5 Å². The van der Waals surface area contributed by atoms with Gasteiger partial charge in [0.2, 0.25) is 10.0 Å². The fraction of sp³-hybridized carbons (Fsp3) is 0.150. The van der Waals surface area contributed by atoms with Crippen LogP contribution in [-0.4, -0.2) is 33.5 Å². The summed E-state index contributed by atoms with van der Waals surface area (Å²) in [4.78, 5) is 15.1. The molecule has 0 bridgehead atoms. The van der Waals surface area contributed by atoms with Crippen molar-refractivity contribution in [3.63, 3.8) is 0 Å². The lowest BCUT2D eigenvalue weighted by molar-refractivity contribution is 0.153. The van der Waals surface area contributed by atoms with Gasteiger partial charge in [-0.15, -0.1) is 11.3 Å². The molecule has 0 amide bonds. The van der Waals surface area contributed by atoms with Crippen LogP contribution in [0.25, 0.3) is 32.1 Å². The Bertz CT molecular complexity index is 1390. The monoisotopic (exact) mass is 450 g/mol. The highest BCUT2D eigenvalue weighted by Crippen LogP contribution is 2.40. The summed E-state index contributed by atoms with van der Waals surface area (Å²) in [5, 5.41) is 3.37. The lowest BCUT2D eigenvalue weighted by atomic mass is 9.97. The molecule has 0 unspecified atom stereocenters. The minimum Gasteiger partial charge on any atom is -0.496 e. The van der Waals surface area contributed by atoms with Crippen LogP contribution in [-0.2, 0) is 10.0 Å². The number of nitrogens with one attached hydrogen (secondary N) is 2. The van der Waals surface area contributed by atoms with E-state index in [9.17, 15) is 22.0 Å². The molecular weight excluding hydrogens is 434 g/mol. The van der Waals surface area contributed by atoms with Crippen molar-refractivity contribution in [1.82, 2.24) is 9.71 Å². The van der Waals surface area contributed by atoms with Gasteiger partial charge < -0.3 is 9.72 Å². The summed E-state index contributed by atoms with van der Waals surface area (Å²) in [6.07, 6.45) is -2.78. The number of aromatic nitrogens is 1. The molecule has 2 N–H and O–H groups in total. The molecule has 0 saturated carbocycles. The zero-order chi connectivity index (χ0) is 21.5. The molecule has 156 valence electrons. The van der Waals surface area contributed by atoms with Crippen molar-refractivity contribution in [2.75, 3.05) is 13.7 Å². The Balaban J connectivity index is 1.89. The molecule has 0 fully saturated rings. The zero-order valence-corrected chi connectivity index (χ0v) is 17.2. The van der Waals surface area contributed by atoms with E-state index in [0.717, 1.165) is 10.8 Å². The van der Waals surface area contributed by atoms with Crippen molar-refractivity contribution in [2.45, 2.75) is 11.3 Å². The van der Waals surface area contributed by atoms with Crippen LogP contribution in [0.5, 0.6) is 5.75 Å². The average Bonchev–Trinajstić information content (AvgIpc) is 3.22. The minimum atomic E-state index is -4.05. The average molecular weight is 450 g/mol. The lowest BCUT2D eigenvalue weighted by Crippen LogP contribution is -2.28. The van der Waals surface area contributed by atoms with Crippen LogP contribution in [0.15, 0.2) is 57.5 Å². The van der Waals surface area contributed by atoms with E-state index >= 15 is 0 Å². The molecule has 10 heteroatoms. The SMILES string of the molecule is COc1ccc2[nH]c(=O)c3sccc3c2c1-c1ccc(S(=O)(=O)NCC(F)F)cc1. The van der Waals surface area contributed by atoms with Crippen LogP contribution in [0, 0.1) is 0 Å². The number of rotatable bonds is 6. The predicted octanol–water partition coefficient (Wildman–Crippen LogP) is 3.96. The number of H-pyrrole nitrogens is 1. The molecule has 0 atom stereocenters. The molecule has 0 aliphatic carbocycles. The molecule has 30 heavy (non-hydrogen) atoms. The number of benzene rings is 2. The highest BCUT2D eigenvalue weighted by atomic mass is 32.2. The lowest BCUT2D eigenvalue weighted by Gasteiger charge is -2.14. The van der Waals surface area contributed by atoms with Gasteiger partial charge in [0.1, 0.15) is 10.4 Å². The summed E-state index contributed by atoms with van der Waals surface area (Å²) in [6.45, 7) is -0.954. The second-order valence-corrected chi connectivity index (χ2v) is 9.13. The smallest absolute Gasteiger partial charge is 0.266 e. The van der Waals surface area contributed by atoms with E-state index < -0.39 is 23.0 Å². The first-order chi connectivity index (χ1) is 14.3. The van der Waals surface area contributed by atoms with Gasteiger partial charge >= 0.3 is 0 Å². The zero-order valence-electron chi connectivity index (χ0n) is 15.6. The number of thiophene rings is 1. The van der Waals surface area contributed by atoms with Crippen LogP contribution >= 0.6 is 11.3 Å². The number of methoxy groups -OCH3 is 1. The Hall–Kier alpha value is -2.82.